The van der Waals surface area contributed by atoms with Crippen molar-refractivity contribution in [3.8, 4) is 5.75 Å². The number of hydrazine groups is 1. The highest BCUT2D eigenvalue weighted by Gasteiger charge is 2.14. The largest absolute Gasteiger partial charge is 0.481 e. The van der Waals surface area contributed by atoms with Crippen LogP contribution in [-0.4, -0.2) is 17.9 Å². The predicted octanol–water partition coefficient (Wildman–Crippen LogP) is 2.76. The lowest BCUT2D eigenvalue weighted by Crippen LogP contribution is -2.46. The molecule has 0 aliphatic carbocycles. The maximum absolute atomic E-state index is 12.8. The fourth-order valence-electron chi connectivity index (χ4n) is 1.98. The highest BCUT2D eigenvalue weighted by molar-refractivity contribution is 5.93. The molecule has 2 aromatic rings. The topological polar surface area (TPSA) is 67.4 Å². The molecule has 0 unspecified atom stereocenters. The Morgan fingerprint density at radius 3 is 2.52 bits per heavy atom. The van der Waals surface area contributed by atoms with Crippen molar-refractivity contribution in [1.29, 1.82) is 0 Å². The fraction of sp³-hybridized carbons (Fsp3) is 0.158. The molecule has 0 saturated heterocycles. The Hall–Kier alpha value is -3.15. The van der Waals surface area contributed by atoms with Crippen LogP contribution < -0.4 is 15.6 Å². The molecule has 0 heterocycles. The first-order chi connectivity index (χ1) is 11.9. The van der Waals surface area contributed by atoms with E-state index < -0.39 is 23.7 Å². The minimum Gasteiger partial charge on any atom is -0.481 e. The number of aryl methyl sites for hydroxylation is 1. The van der Waals surface area contributed by atoms with Gasteiger partial charge in [-0.2, -0.15) is 0 Å². The second-order valence-electron chi connectivity index (χ2n) is 5.44. The van der Waals surface area contributed by atoms with Crippen LogP contribution in [-0.2, 0) is 9.59 Å². The van der Waals surface area contributed by atoms with Crippen molar-refractivity contribution in [2.24, 2.45) is 0 Å². The van der Waals surface area contributed by atoms with Gasteiger partial charge in [0.2, 0.25) is 0 Å². The third-order valence-corrected chi connectivity index (χ3v) is 3.27. The van der Waals surface area contributed by atoms with E-state index in [-0.39, 0.29) is 0 Å². The molecule has 0 spiro atoms. The van der Waals surface area contributed by atoms with E-state index in [1.807, 2.05) is 31.2 Å². The summed E-state index contributed by atoms with van der Waals surface area (Å²) in [5, 5.41) is 0. The van der Waals surface area contributed by atoms with Gasteiger partial charge in [-0.3, -0.25) is 20.4 Å². The highest BCUT2D eigenvalue weighted by atomic mass is 19.1. The van der Waals surface area contributed by atoms with Gasteiger partial charge in [0.15, 0.2) is 6.10 Å². The number of carbonyl (C=O) groups excluding carboxylic acids is 2. The van der Waals surface area contributed by atoms with Crippen LogP contribution in [0.4, 0.5) is 4.39 Å². The molecular formula is C19H19FN2O3. The van der Waals surface area contributed by atoms with Crippen molar-refractivity contribution in [1.82, 2.24) is 10.9 Å². The van der Waals surface area contributed by atoms with Gasteiger partial charge in [-0.25, -0.2) is 4.39 Å². The second-order valence-corrected chi connectivity index (χ2v) is 5.44. The summed E-state index contributed by atoms with van der Waals surface area (Å²) in [5.41, 5.74) is 6.52. The minimum atomic E-state index is -0.855. The molecule has 0 aliphatic rings. The van der Waals surface area contributed by atoms with Crippen molar-refractivity contribution < 1.29 is 18.7 Å². The summed E-state index contributed by atoms with van der Waals surface area (Å²) < 4.78 is 18.2. The zero-order valence-corrected chi connectivity index (χ0v) is 14.0. The molecule has 0 saturated carbocycles. The van der Waals surface area contributed by atoms with E-state index in [1.54, 1.807) is 6.08 Å². The molecule has 0 bridgehead atoms. The van der Waals surface area contributed by atoms with Crippen molar-refractivity contribution in [2.75, 3.05) is 0 Å². The van der Waals surface area contributed by atoms with Gasteiger partial charge in [0, 0.05) is 6.08 Å². The first-order valence-electron chi connectivity index (χ1n) is 7.71. The van der Waals surface area contributed by atoms with E-state index in [0.717, 1.165) is 11.1 Å². The summed E-state index contributed by atoms with van der Waals surface area (Å²) in [4.78, 5) is 23.6. The molecule has 2 amide bonds. The zero-order chi connectivity index (χ0) is 18.2. The van der Waals surface area contributed by atoms with Crippen LogP contribution in [0.3, 0.4) is 0 Å². The summed E-state index contributed by atoms with van der Waals surface area (Å²) in [6.45, 7) is 3.48. The van der Waals surface area contributed by atoms with E-state index >= 15 is 0 Å². The average molecular weight is 342 g/mol. The molecule has 130 valence electrons. The van der Waals surface area contributed by atoms with Gasteiger partial charge < -0.3 is 4.74 Å². The number of carbonyl (C=O) groups is 2. The number of benzene rings is 2. The summed E-state index contributed by atoms with van der Waals surface area (Å²) in [5.74, 6) is -1.03. The molecule has 0 radical (unpaired) electrons. The van der Waals surface area contributed by atoms with Crippen LogP contribution in [0.15, 0.2) is 54.6 Å². The van der Waals surface area contributed by atoms with E-state index in [0.29, 0.717) is 5.75 Å². The number of hydrogen-bond acceptors (Lipinski definition) is 3. The highest BCUT2D eigenvalue weighted by Crippen LogP contribution is 2.12. The van der Waals surface area contributed by atoms with Crippen LogP contribution in [0.5, 0.6) is 5.75 Å². The molecule has 2 aromatic carbocycles. The molecule has 1 atom stereocenters. The summed E-state index contributed by atoms with van der Waals surface area (Å²) in [6.07, 6.45) is 2.11. The van der Waals surface area contributed by atoms with Crippen LogP contribution in [0.1, 0.15) is 18.1 Å². The summed E-state index contributed by atoms with van der Waals surface area (Å²) in [7, 11) is 0. The third-order valence-electron chi connectivity index (χ3n) is 3.27. The predicted molar refractivity (Wildman–Crippen MR) is 93.0 cm³/mol. The Morgan fingerprint density at radius 1 is 1.12 bits per heavy atom. The van der Waals surface area contributed by atoms with Gasteiger partial charge >= 0.3 is 0 Å². The van der Waals surface area contributed by atoms with Crippen LogP contribution >= 0.6 is 0 Å². The van der Waals surface area contributed by atoms with E-state index in [4.69, 9.17) is 4.74 Å². The Balaban J connectivity index is 1.80. The van der Waals surface area contributed by atoms with Gasteiger partial charge in [-0.1, -0.05) is 29.8 Å². The molecule has 2 N–H and O–H groups in total. The van der Waals surface area contributed by atoms with Gasteiger partial charge in [-0.05, 0) is 49.8 Å². The molecule has 2 rings (SSSR count). The number of amides is 2. The smallest absolute Gasteiger partial charge is 0.279 e. The quantitative estimate of drug-likeness (QED) is 0.648. The van der Waals surface area contributed by atoms with E-state index in [9.17, 15) is 14.0 Å². The monoisotopic (exact) mass is 342 g/mol. The lowest BCUT2D eigenvalue weighted by atomic mass is 10.1. The summed E-state index contributed by atoms with van der Waals surface area (Å²) >= 11 is 0. The van der Waals surface area contributed by atoms with Crippen molar-refractivity contribution in [3.63, 3.8) is 0 Å². The van der Waals surface area contributed by atoms with E-state index in [2.05, 4.69) is 10.9 Å². The average Bonchev–Trinajstić information content (AvgIpc) is 2.60. The number of nitrogens with one attached hydrogen (secondary N) is 2. The zero-order valence-electron chi connectivity index (χ0n) is 14.0. The first kappa shape index (κ1) is 18.2. The fourth-order valence-corrected chi connectivity index (χ4v) is 1.98. The third kappa shape index (κ3) is 6.10. The Bertz CT molecular complexity index is 772. The van der Waals surface area contributed by atoms with Crippen molar-refractivity contribution >= 4 is 17.9 Å². The SMILES string of the molecule is Cc1cccc(/C=C/C(=O)NNC(=O)[C@@H](C)Oc2ccc(F)cc2)c1. The lowest BCUT2D eigenvalue weighted by molar-refractivity contribution is -0.131. The second kappa shape index (κ2) is 8.63. The molecule has 0 fully saturated rings. The molecule has 5 nitrogen and oxygen atoms in total. The van der Waals surface area contributed by atoms with Crippen LogP contribution in [0.2, 0.25) is 0 Å². The molecule has 0 aliphatic heterocycles. The minimum absolute atomic E-state index is 0.356. The van der Waals surface area contributed by atoms with E-state index in [1.165, 1.54) is 37.3 Å². The first-order valence-corrected chi connectivity index (χ1v) is 7.71. The standard InChI is InChI=1S/C19H19FN2O3/c1-13-4-3-5-15(12-13)6-11-18(23)21-22-19(24)14(2)25-17-9-7-16(20)8-10-17/h3-12,14H,1-2H3,(H,21,23)(H,22,24)/b11-6+/t14-/m1/s1. The maximum Gasteiger partial charge on any atom is 0.279 e. The number of halogens is 1. The van der Waals surface area contributed by atoms with Gasteiger partial charge in [0.25, 0.3) is 11.8 Å². The van der Waals surface area contributed by atoms with Gasteiger partial charge in [-0.15, -0.1) is 0 Å². The maximum atomic E-state index is 12.8. The Kier molecular flexibility index (Phi) is 6.28. The van der Waals surface area contributed by atoms with Gasteiger partial charge in [0.05, 0.1) is 0 Å². The Labute approximate surface area is 145 Å². The number of rotatable bonds is 5. The lowest BCUT2D eigenvalue weighted by Gasteiger charge is -2.14. The normalized spacial score (nSPS) is 11.8. The molecule has 6 heteroatoms. The summed E-state index contributed by atoms with van der Waals surface area (Å²) in [6, 6.07) is 13.0. The number of ether oxygens (including phenoxy) is 1. The Morgan fingerprint density at radius 2 is 1.84 bits per heavy atom. The van der Waals surface area contributed by atoms with Crippen LogP contribution in [0.25, 0.3) is 6.08 Å². The molecule has 0 aromatic heterocycles. The molecular weight excluding hydrogens is 323 g/mol. The number of hydrogen-bond donors (Lipinski definition) is 2. The van der Waals surface area contributed by atoms with Crippen molar-refractivity contribution in [2.45, 2.75) is 20.0 Å². The van der Waals surface area contributed by atoms with Crippen LogP contribution in [0, 0.1) is 12.7 Å². The molecule has 25 heavy (non-hydrogen) atoms. The van der Waals surface area contributed by atoms with Crippen molar-refractivity contribution in [3.05, 3.63) is 71.6 Å². The van der Waals surface area contributed by atoms with Gasteiger partial charge in [0.1, 0.15) is 11.6 Å².